The molecule has 1 aliphatic heterocycles. The molecule has 6 heteroatoms. The second kappa shape index (κ2) is 5.69. The van der Waals surface area contributed by atoms with Crippen LogP contribution in [-0.4, -0.2) is 34.7 Å². The first-order chi connectivity index (χ1) is 10.2. The molecule has 0 atom stereocenters. The van der Waals surface area contributed by atoms with E-state index in [0.717, 1.165) is 49.9 Å². The van der Waals surface area contributed by atoms with Crippen LogP contribution in [-0.2, 0) is 23.3 Å². The van der Waals surface area contributed by atoms with Gasteiger partial charge in [0.25, 0.3) is 0 Å². The molecule has 114 valence electrons. The Hall–Kier alpha value is -1.53. The van der Waals surface area contributed by atoms with Gasteiger partial charge in [-0.05, 0) is 12.8 Å². The summed E-state index contributed by atoms with van der Waals surface area (Å²) < 4.78 is 5.76. The molecule has 3 rings (SSSR count). The number of rotatable bonds is 3. The molecular weight excluding hydrogens is 270 g/mol. The summed E-state index contributed by atoms with van der Waals surface area (Å²) in [6.45, 7) is 1.35. The lowest BCUT2D eigenvalue weighted by molar-refractivity contribution is -0.0518. The van der Waals surface area contributed by atoms with Crippen molar-refractivity contribution in [3.8, 4) is 0 Å². The standard InChI is InChI=1S/C15H21N3O3/c1-21-15(6-3-2-4-7-15)14-17-11-5-8-16-9-10(11)12(18-14)13(19)20/h16H,2-9H2,1H3,(H,19,20). The number of methoxy groups -OCH3 is 1. The number of aromatic carboxylic acids is 1. The largest absolute Gasteiger partial charge is 0.476 e. The lowest BCUT2D eigenvalue weighted by atomic mass is 9.83. The first kappa shape index (κ1) is 14.4. The third-order valence-corrected chi connectivity index (χ3v) is 4.60. The molecule has 0 saturated heterocycles. The van der Waals surface area contributed by atoms with Crippen LogP contribution < -0.4 is 5.32 Å². The Morgan fingerprint density at radius 3 is 2.71 bits per heavy atom. The monoisotopic (exact) mass is 291 g/mol. The molecule has 0 aromatic carbocycles. The van der Waals surface area contributed by atoms with Crippen molar-refractivity contribution in [2.75, 3.05) is 13.7 Å². The molecule has 2 aliphatic rings. The van der Waals surface area contributed by atoms with Gasteiger partial charge in [-0.1, -0.05) is 19.3 Å². The molecule has 1 aliphatic carbocycles. The van der Waals surface area contributed by atoms with E-state index >= 15 is 0 Å². The summed E-state index contributed by atoms with van der Waals surface area (Å²) in [4.78, 5) is 20.6. The highest BCUT2D eigenvalue weighted by Crippen LogP contribution is 2.39. The van der Waals surface area contributed by atoms with Gasteiger partial charge in [-0.3, -0.25) is 0 Å². The van der Waals surface area contributed by atoms with Gasteiger partial charge in [0, 0.05) is 32.2 Å². The minimum absolute atomic E-state index is 0.129. The predicted molar refractivity (Wildman–Crippen MR) is 76.2 cm³/mol. The minimum Gasteiger partial charge on any atom is -0.476 e. The molecule has 21 heavy (non-hydrogen) atoms. The summed E-state index contributed by atoms with van der Waals surface area (Å²) in [5, 5.41) is 12.6. The normalized spacial score (nSPS) is 20.8. The maximum absolute atomic E-state index is 11.5. The molecule has 1 saturated carbocycles. The zero-order chi connectivity index (χ0) is 14.9. The van der Waals surface area contributed by atoms with Crippen LogP contribution in [0.25, 0.3) is 0 Å². The molecule has 6 nitrogen and oxygen atoms in total. The van der Waals surface area contributed by atoms with Gasteiger partial charge in [0.2, 0.25) is 0 Å². The summed E-state index contributed by atoms with van der Waals surface area (Å²) in [7, 11) is 1.68. The van der Waals surface area contributed by atoms with Crippen molar-refractivity contribution < 1.29 is 14.6 Å². The number of aromatic nitrogens is 2. The van der Waals surface area contributed by atoms with Gasteiger partial charge in [0.15, 0.2) is 11.5 Å². The Labute approximate surface area is 123 Å². The van der Waals surface area contributed by atoms with Gasteiger partial charge in [-0.15, -0.1) is 0 Å². The Kier molecular flexibility index (Phi) is 3.91. The van der Waals surface area contributed by atoms with Crippen LogP contribution in [0.3, 0.4) is 0 Å². The second-order valence-electron chi connectivity index (χ2n) is 5.81. The molecule has 1 aromatic rings. The third kappa shape index (κ3) is 2.53. The van der Waals surface area contributed by atoms with Crippen LogP contribution in [0.1, 0.15) is 59.7 Å². The predicted octanol–water partition coefficient (Wildman–Crippen LogP) is 1.63. The van der Waals surface area contributed by atoms with Crippen molar-refractivity contribution in [1.29, 1.82) is 0 Å². The molecule has 2 N–H and O–H groups in total. The topological polar surface area (TPSA) is 84.3 Å². The highest BCUT2D eigenvalue weighted by atomic mass is 16.5. The Bertz CT molecular complexity index is 553. The third-order valence-electron chi connectivity index (χ3n) is 4.60. The van der Waals surface area contributed by atoms with E-state index < -0.39 is 11.6 Å². The number of carbonyl (C=O) groups is 1. The number of ether oxygens (including phenoxy) is 1. The van der Waals surface area contributed by atoms with Crippen molar-refractivity contribution in [2.45, 2.75) is 50.7 Å². The van der Waals surface area contributed by atoms with Gasteiger partial charge in [0.1, 0.15) is 5.60 Å². The molecule has 0 bridgehead atoms. The van der Waals surface area contributed by atoms with E-state index in [1.165, 1.54) is 6.42 Å². The van der Waals surface area contributed by atoms with Gasteiger partial charge >= 0.3 is 5.97 Å². The molecule has 1 fully saturated rings. The average molecular weight is 291 g/mol. The van der Waals surface area contributed by atoms with Crippen LogP contribution in [0.2, 0.25) is 0 Å². The van der Waals surface area contributed by atoms with Crippen LogP contribution in [0.15, 0.2) is 0 Å². The second-order valence-corrected chi connectivity index (χ2v) is 5.81. The number of hydrogen-bond acceptors (Lipinski definition) is 5. The first-order valence-electron chi connectivity index (χ1n) is 7.56. The van der Waals surface area contributed by atoms with Crippen molar-refractivity contribution in [1.82, 2.24) is 15.3 Å². The van der Waals surface area contributed by atoms with E-state index in [9.17, 15) is 9.90 Å². The van der Waals surface area contributed by atoms with Gasteiger partial charge in [0.05, 0.1) is 5.69 Å². The summed E-state index contributed by atoms with van der Waals surface area (Å²) in [6.07, 6.45) is 5.78. The Morgan fingerprint density at radius 2 is 2.05 bits per heavy atom. The van der Waals surface area contributed by atoms with Crippen LogP contribution in [0.4, 0.5) is 0 Å². The number of nitrogens with zero attached hydrogens (tertiary/aromatic N) is 2. The van der Waals surface area contributed by atoms with E-state index in [0.29, 0.717) is 12.4 Å². The van der Waals surface area contributed by atoms with Crippen molar-refractivity contribution >= 4 is 5.97 Å². The summed E-state index contributed by atoms with van der Waals surface area (Å²) >= 11 is 0. The van der Waals surface area contributed by atoms with Crippen LogP contribution in [0, 0.1) is 0 Å². The Balaban J connectivity index is 2.10. The zero-order valence-electron chi connectivity index (χ0n) is 12.3. The zero-order valence-corrected chi connectivity index (χ0v) is 12.3. The van der Waals surface area contributed by atoms with E-state index in [1.807, 2.05) is 0 Å². The number of hydrogen-bond donors (Lipinski definition) is 2. The van der Waals surface area contributed by atoms with E-state index in [4.69, 9.17) is 4.74 Å². The fourth-order valence-electron chi connectivity index (χ4n) is 3.37. The summed E-state index contributed by atoms with van der Waals surface area (Å²) in [5.74, 6) is -0.427. The SMILES string of the molecule is COC1(c2nc3c(c(C(=O)O)n2)CNCC3)CCCCC1. The summed E-state index contributed by atoms with van der Waals surface area (Å²) in [6, 6.07) is 0. The van der Waals surface area contributed by atoms with Gasteiger partial charge < -0.3 is 15.2 Å². The lowest BCUT2D eigenvalue weighted by Gasteiger charge is -2.35. The molecule has 0 amide bonds. The fraction of sp³-hybridized carbons (Fsp3) is 0.667. The maximum atomic E-state index is 11.5. The fourth-order valence-corrected chi connectivity index (χ4v) is 3.37. The number of fused-ring (bicyclic) bond motifs is 1. The number of nitrogens with one attached hydrogen (secondary N) is 1. The van der Waals surface area contributed by atoms with E-state index in [-0.39, 0.29) is 5.69 Å². The Morgan fingerprint density at radius 1 is 1.29 bits per heavy atom. The molecule has 1 aromatic heterocycles. The smallest absolute Gasteiger partial charge is 0.354 e. The summed E-state index contributed by atoms with van der Waals surface area (Å²) in [5.41, 5.74) is 1.20. The molecule has 2 heterocycles. The van der Waals surface area contributed by atoms with Gasteiger partial charge in [-0.2, -0.15) is 0 Å². The van der Waals surface area contributed by atoms with Crippen LogP contribution >= 0.6 is 0 Å². The van der Waals surface area contributed by atoms with E-state index in [2.05, 4.69) is 15.3 Å². The highest BCUT2D eigenvalue weighted by Gasteiger charge is 2.38. The minimum atomic E-state index is -0.985. The molecule has 0 spiro atoms. The lowest BCUT2D eigenvalue weighted by Crippen LogP contribution is -2.36. The highest BCUT2D eigenvalue weighted by molar-refractivity contribution is 5.87. The van der Waals surface area contributed by atoms with Crippen molar-refractivity contribution in [3.05, 3.63) is 22.8 Å². The number of carboxylic acids is 1. The maximum Gasteiger partial charge on any atom is 0.354 e. The quantitative estimate of drug-likeness (QED) is 0.880. The average Bonchev–Trinajstić information content (AvgIpc) is 2.54. The van der Waals surface area contributed by atoms with Crippen molar-refractivity contribution in [2.24, 2.45) is 0 Å². The van der Waals surface area contributed by atoms with Crippen molar-refractivity contribution in [3.63, 3.8) is 0 Å². The molecular formula is C15H21N3O3. The number of carboxylic acid groups (broad SMARTS) is 1. The van der Waals surface area contributed by atoms with E-state index in [1.54, 1.807) is 7.11 Å². The van der Waals surface area contributed by atoms with Gasteiger partial charge in [-0.25, -0.2) is 14.8 Å². The molecule has 0 radical (unpaired) electrons. The molecule has 0 unspecified atom stereocenters. The first-order valence-corrected chi connectivity index (χ1v) is 7.56. The van der Waals surface area contributed by atoms with Crippen LogP contribution in [0.5, 0.6) is 0 Å².